The molecule has 0 saturated carbocycles. The van der Waals surface area contributed by atoms with Gasteiger partial charge in [-0.2, -0.15) is 0 Å². The van der Waals surface area contributed by atoms with Crippen molar-refractivity contribution in [1.82, 2.24) is 5.32 Å². The van der Waals surface area contributed by atoms with Gasteiger partial charge in [0.15, 0.2) is 0 Å². The van der Waals surface area contributed by atoms with E-state index in [4.69, 9.17) is 9.88 Å². The molecule has 1 aliphatic heterocycles. The van der Waals surface area contributed by atoms with Crippen LogP contribution in [0, 0.1) is 0 Å². The number of benzene rings is 1. The number of rotatable bonds is 3. The number of nitrogens with two attached hydrogens (primary N) is 1. The van der Waals surface area contributed by atoms with E-state index in [0.717, 1.165) is 19.5 Å². The van der Waals surface area contributed by atoms with Gasteiger partial charge in [-0.05, 0) is 37.2 Å². The lowest BCUT2D eigenvalue weighted by molar-refractivity contribution is 0.223. The Morgan fingerprint density at radius 3 is 2.50 bits per heavy atom. The molecule has 6 heteroatoms. The Labute approximate surface area is 94.6 Å². The van der Waals surface area contributed by atoms with E-state index in [2.05, 4.69) is 5.32 Å². The lowest BCUT2D eigenvalue weighted by atomic mass is 10.3. The van der Waals surface area contributed by atoms with Crippen LogP contribution in [0.2, 0.25) is 0 Å². The average Bonchev–Trinajstić information content (AvgIpc) is 2.70. The van der Waals surface area contributed by atoms with E-state index in [1.165, 1.54) is 12.1 Å². The number of ether oxygens (including phenoxy) is 1. The average molecular weight is 242 g/mol. The summed E-state index contributed by atoms with van der Waals surface area (Å²) in [6.07, 6.45) is 1.14. The van der Waals surface area contributed by atoms with E-state index in [-0.39, 0.29) is 11.0 Å². The molecule has 0 radical (unpaired) electrons. The molecule has 2 rings (SSSR count). The van der Waals surface area contributed by atoms with Gasteiger partial charge in [0, 0.05) is 6.54 Å². The normalized spacial score (nSPS) is 20.9. The molecule has 16 heavy (non-hydrogen) atoms. The third-order valence-electron chi connectivity index (χ3n) is 2.47. The lowest BCUT2D eigenvalue weighted by Gasteiger charge is -2.12. The molecule has 1 saturated heterocycles. The fraction of sp³-hybridized carbons (Fsp3) is 0.400. The lowest BCUT2D eigenvalue weighted by Crippen LogP contribution is -2.19. The van der Waals surface area contributed by atoms with Gasteiger partial charge in [-0.15, -0.1) is 0 Å². The Bertz CT molecular complexity index is 449. The van der Waals surface area contributed by atoms with Crippen LogP contribution in [0.5, 0.6) is 5.75 Å². The van der Waals surface area contributed by atoms with Crippen LogP contribution in [0.4, 0.5) is 0 Å². The fourth-order valence-electron chi connectivity index (χ4n) is 1.63. The minimum atomic E-state index is -3.61. The minimum absolute atomic E-state index is 0.101. The van der Waals surface area contributed by atoms with Crippen molar-refractivity contribution in [2.24, 2.45) is 5.14 Å². The molecule has 0 aromatic heterocycles. The van der Waals surface area contributed by atoms with Crippen molar-refractivity contribution in [3.63, 3.8) is 0 Å². The third-order valence-corrected chi connectivity index (χ3v) is 3.40. The van der Waals surface area contributed by atoms with Crippen LogP contribution >= 0.6 is 0 Å². The maximum atomic E-state index is 11.0. The Balaban J connectivity index is 2.07. The summed E-state index contributed by atoms with van der Waals surface area (Å²) in [6, 6.07) is 6.15. The largest absolute Gasteiger partial charge is 0.489 e. The Morgan fingerprint density at radius 1 is 1.31 bits per heavy atom. The van der Waals surface area contributed by atoms with E-state index < -0.39 is 10.0 Å². The number of sulfonamides is 1. The highest BCUT2D eigenvalue weighted by molar-refractivity contribution is 7.89. The van der Waals surface area contributed by atoms with E-state index in [1.807, 2.05) is 0 Å². The van der Waals surface area contributed by atoms with Crippen molar-refractivity contribution >= 4 is 10.0 Å². The van der Waals surface area contributed by atoms with Crippen LogP contribution in [-0.4, -0.2) is 27.6 Å². The minimum Gasteiger partial charge on any atom is -0.489 e. The molecule has 1 heterocycles. The highest BCUT2D eigenvalue weighted by Gasteiger charge is 2.16. The van der Waals surface area contributed by atoms with Gasteiger partial charge in [-0.3, -0.25) is 0 Å². The summed E-state index contributed by atoms with van der Waals surface area (Å²) in [6.45, 7) is 1.79. The van der Waals surface area contributed by atoms with Crippen LogP contribution in [0.25, 0.3) is 0 Å². The highest BCUT2D eigenvalue weighted by atomic mass is 32.2. The molecule has 1 fully saturated rings. The van der Waals surface area contributed by atoms with Crippen LogP contribution in [0.3, 0.4) is 0 Å². The third kappa shape index (κ3) is 2.72. The molecule has 3 N–H and O–H groups in total. The highest BCUT2D eigenvalue weighted by Crippen LogP contribution is 2.17. The molecule has 1 aromatic carbocycles. The van der Waals surface area contributed by atoms with Crippen molar-refractivity contribution < 1.29 is 13.2 Å². The number of nitrogens with one attached hydrogen (secondary N) is 1. The fourth-order valence-corrected chi connectivity index (χ4v) is 2.14. The smallest absolute Gasteiger partial charge is 0.238 e. The van der Waals surface area contributed by atoms with Crippen LogP contribution in [0.15, 0.2) is 29.2 Å². The van der Waals surface area contributed by atoms with Gasteiger partial charge in [-0.1, -0.05) is 0 Å². The first-order valence-corrected chi connectivity index (χ1v) is 6.60. The summed E-state index contributed by atoms with van der Waals surface area (Å²) in [5, 5.41) is 8.18. The molecule has 0 bridgehead atoms. The monoisotopic (exact) mass is 242 g/mol. The Hall–Kier alpha value is -1.11. The maximum Gasteiger partial charge on any atom is 0.238 e. The molecule has 0 amide bonds. The first kappa shape index (κ1) is 11.4. The number of hydrogen-bond donors (Lipinski definition) is 2. The van der Waals surface area contributed by atoms with Crippen molar-refractivity contribution in [3.05, 3.63) is 24.3 Å². The van der Waals surface area contributed by atoms with Gasteiger partial charge in [0.2, 0.25) is 10.0 Å². The van der Waals surface area contributed by atoms with Gasteiger partial charge in [0.05, 0.1) is 4.90 Å². The zero-order valence-electron chi connectivity index (χ0n) is 8.72. The molecule has 1 aliphatic rings. The topological polar surface area (TPSA) is 81.4 Å². The van der Waals surface area contributed by atoms with Crippen LogP contribution in [0.1, 0.15) is 6.42 Å². The molecular formula is C10H14N2O3S. The van der Waals surface area contributed by atoms with Gasteiger partial charge >= 0.3 is 0 Å². The molecular weight excluding hydrogens is 228 g/mol. The van der Waals surface area contributed by atoms with Crippen LogP contribution < -0.4 is 15.2 Å². The molecule has 1 aromatic rings. The van der Waals surface area contributed by atoms with Gasteiger partial charge in [0.1, 0.15) is 11.9 Å². The zero-order chi connectivity index (χ0) is 11.6. The van der Waals surface area contributed by atoms with Gasteiger partial charge < -0.3 is 10.1 Å². The van der Waals surface area contributed by atoms with Gasteiger partial charge in [0.25, 0.3) is 0 Å². The predicted octanol–water partition coefficient (Wildman–Crippen LogP) is 0.0747. The van der Waals surface area contributed by atoms with E-state index in [9.17, 15) is 8.42 Å². The summed E-state index contributed by atoms with van der Waals surface area (Å²) < 4.78 is 27.7. The second kappa shape index (κ2) is 4.40. The summed E-state index contributed by atoms with van der Waals surface area (Å²) in [5.74, 6) is 0.668. The summed E-state index contributed by atoms with van der Waals surface area (Å²) in [5.41, 5.74) is 0. The number of hydrogen-bond acceptors (Lipinski definition) is 4. The maximum absolute atomic E-state index is 11.0. The molecule has 0 spiro atoms. The second-order valence-electron chi connectivity index (χ2n) is 3.75. The van der Waals surface area contributed by atoms with Crippen molar-refractivity contribution in [2.75, 3.05) is 13.1 Å². The van der Waals surface area contributed by atoms with Gasteiger partial charge in [-0.25, -0.2) is 13.6 Å². The van der Waals surface area contributed by atoms with Crippen molar-refractivity contribution in [2.45, 2.75) is 17.4 Å². The van der Waals surface area contributed by atoms with E-state index in [0.29, 0.717) is 5.75 Å². The Morgan fingerprint density at radius 2 is 2.00 bits per heavy atom. The number of primary sulfonamides is 1. The summed E-state index contributed by atoms with van der Waals surface area (Å²) in [7, 11) is -3.61. The predicted molar refractivity (Wildman–Crippen MR) is 59.7 cm³/mol. The standard InChI is InChI=1S/C10H14N2O3S/c11-16(13,14)10-3-1-8(2-4-10)15-9-5-6-12-7-9/h1-4,9,12H,5-7H2,(H2,11,13,14). The molecule has 1 atom stereocenters. The first-order chi connectivity index (χ1) is 7.55. The zero-order valence-corrected chi connectivity index (χ0v) is 9.53. The van der Waals surface area contributed by atoms with E-state index >= 15 is 0 Å². The quantitative estimate of drug-likeness (QED) is 0.786. The second-order valence-corrected chi connectivity index (χ2v) is 5.31. The molecule has 1 unspecified atom stereocenters. The molecule has 5 nitrogen and oxygen atoms in total. The first-order valence-electron chi connectivity index (χ1n) is 5.06. The van der Waals surface area contributed by atoms with Crippen molar-refractivity contribution in [3.8, 4) is 5.75 Å². The molecule has 88 valence electrons. The molecule has 0 aliphatic carbocycles. The van der Waals surface area contributed by atoms with Crippen molar-refractivity contribution in [1.29, 1.82) is 0 Å². The SMILES string of the molecule is NS(=O)(=O)c1ccc(OC2CCNC2)cc1. The Kier molecular flexibility index (Phi) is 3.13. The van der Waals surface area contributed by atoms with E-state index in [1.54, 1.807) is 12.1 Å². The van der Waals surface area contributed by atoms with Crippen LogP contribution in [-0.2, 0) is 10.0 Å². The summed E-state index contributed by atoms with van der Waals surface area (Å²) in [4.78, 5) is 0.101. The summed E-state index contributed by atoms with van der Waals surface area (Å²) >= 11 is 0.